The lowest BCUT2D eigenvalue weighted by Gasteiger charge is -2.21. The Labute approximate surface area is 124 Å². The number of carbonyl (C=O) groups excluding carboxylic acids is 1. The highest BCUT2D eigenvalue weighted by Gasteiger charge is 2.23. The first-order chi connectivity index (χ1) is 10.0. The Morgan fingerprint density at radius 2 is 2.10 bits per heavy atom. The summed E-state index contributed by atoms with van der Waals surface area (Å²) in [4.78, 5) is 12.2. The summed E-state index contributed by atoms with van der Waals surface area (Å²) in [6, 6.07) is 0. The Bertz CT molecular complexity index is 576. The average molecular weight is 314 g/mol. The Morgan fingerprint density at radius 1 is 1.38 bits per heavy atom. The predicted octanol–water partition coefficient (Wildman–Crippen LogP) is 0.736. The van der Waals surface area contributed by atoms with Crippen molar-refractivity contribution in [3.8, 4) is 0 Å². The van der Waals surface area contributed by atoms with E-state index in [9.17, 15) is 13.2 Å². The molecule has 118 valence electrons. The zero-order chi connectivity index (χ0) is 15.3. The normalized spacial score (nSPS) is 16.8. The van der Waals surface area contributed by atoms with Gasteiger partial charge in [0.2, 0.25) is 10.0 Å². The summed E-state index contributed by atoms with van der Waals surface area (Å²) in [7, 11) is -1.95. The summed E-state index contributed by atoms with van der Waals surface area (Å²) in [5.74, 6) is -0.0510. The molecule has 1 aromatic rings. The highest BCUT2D eigenvalue weighted by atomic mass is 32.2. The fourth-order valence-electron chi connectivity index (χ4n) is 2.68. The monoisotopic (exact) mass is 314 g/mol. The van der Waals surface area contributed by atoms with E-state index in [-0.39, 0.29) is 18.2 Å². The summed E-state index contributed by atoms with van der Waals surface area (Å²) in [6.45, 7) is 0.0806. The number of aromatic amines is 1. The molecule has 8 heteroatoms. The second-order valence-electron chi connectivity index (χ2n) is 5.31. The molecule has 0 atom stereocenters. The number of nitrogens with one attached hydrogen (secondary N) is 3. The number of H-pyrrole nitrogens is 1. The number of amides is 1. The van der Waals surface area contributed by atoms with Crippen LogP contribution < -0.4 is 10.0 Å². The van der Waals surface area contributed by atoms with Gasteiger partial charge in [-0.2, -0.15) is 5.10 Å². The van der Waals surface area contributed by atoms with Crippen LogP contribution in [-0.2, 0) is 10.0 Å². The van der Waals surface area contributed by atoms with Gasteiger partial charge >= 0.3 is 0 Å². The van der Waals surface area contributed by atoms with Gasteiger partial charge in [0.25, 0.3) is 5.91 Å². The van der Waals surface area contributed by atoms with Crippen molar-refractivity contribution in [3.05, 3.63) is 17.5 Å². The van der Waals surface area contributed by atoms with Crippen molar-refractivity contribution in [2.45, 2.75) is 38.0 Å². The minimum absolute atomic E-state index is 0.0806. The van der Waals surface area contributed by atoms with Gasteiger partial charge in [0.15, 0.2) is 0 Å². The van der Waals surface area contributed by atoms with Crippen molar-refractivity contribution in [2.75, 3.05) is 19.3 Å². The molecule has 1 heterocycles. The fourth-order valence-corrected chi connectivity index (χ4v) is 3.25. The van der Waals surface area contributed by atoms with E-state index < -0.39 is 10.0 Å². The number of hydrogen-bond donors (Lipinski definition) is 3. The molecule has 0 spiro atoms. The molecule has 21 heavy (non-hydrogen) atoms. The zero-order valence-corrected chi connectivity index (χ0v) is 13.0. The number of aromatic nitrogens is 2. The molecule has 7 nitrogen and oxygen atoms in total. The molecule has 0 radical (unpaired) electrons. The third-order valence-electron chi connectivity index (χ3n) is 3.89. The van der Waals surface area contributed by atoms with E-state index in [0.717, 1.165) is 18.5 Å². The number of carbonyl (C=O) groups is 1. The molecule has 1 fully saturated rings. The standard InChI is InChI=1S/C13H22N4O3S/c1-14-21(19,20)8-7-15-13(18)11-9-16-17-12(11)10-5-3-2-4-6-10/h9-10,14H,2-8H2,1H3,(H,15,18)(H,16,17). The van der Waals surface area contributed by atoms with Gasteiger partial charge < -0.3 is 5.32 Å². The lowest BCUT2D eigenvalue weighted by molar-refractivity contribution is 0.0954. The third kappa shape index (κ3) is 4.28. The van der Waals surface area contributed by atoms with Gasteiger partial charge in [-0.1, -0.05) is 19.3 Å². The molecule has 0 aliphatic heterocycles. The van der Waals surface area contributed by atoms with Crippen molar-refractivity contribution >= 4 is 15.9 Å². The van der Waals surface area contributed by atoms with Gasteiger partial charge in [-0.25, -0.2) is 13.1 Å². The number of sulfonamides is 1. The summed E-state index contributed by atoms with van der Waals surface area (Å²) in [5.41, 5.74) is 1.41. The van der Waals surface area contributed by atoms with Crippen molar-refractivity contribution in [1.82, 2.24) is 20.2 Å². The maximum atomic E-state index is 12.2. The molecule has 0 bridgehead atoms. The Hall–Kier alpha value is -1.41. The van der Waals surface area contributed by atoms with E-state index in [0.29, 0.717) is 11.5 Å². The molecule has 1 aromatic heterocycles. The van der Waals surface area contributed by atoms with Gasteiger partial charge in [-0.3, -0.25) is 9.89 Å². The Morgan fingerprint density at radius 3 is 2.76 bits per heavy atom. The maximum absolute atomic E-state index is 12.2. The van der Waals surface area contributed by atoms with Gasteiger partial charge in [0, 0.05) is 12.5 Å². The van der Waals surface area contributed by atoms with Gasteiger partial charge in [0.05, 0.1) is 23.2 Å². The first-order valence-corrected chi connectivity index (χ1v) is 8.91. The van der Waals surface area contributed by atoms with Crippen molar-refractivity contribution in [3.63, 3.8) is 0 Å². The molecule has 2 rings (SSSR count). The van der Waals surface area contributed by atoms with Gasteiger partial charge in [0.1, 0.15) is 0 Å². The smallest absolute Gasteiger partial charge is 0.254 e. The molecule has 0 aromatic carbocycles. The van der Waals surface area contributed by atoms with Crippen LogP contribution in [0.25, 0.3) is 0 Å². The number of rotatable bonds is 6. The number of nitrogens with zero attached hydrogens (tertiary/aromatic N) is 1. The lowest BCUT2D eigenvalue weighted by atomic mass is 9.85. The van der Waals surface area contributed by atoms with Crippen molar-refractivity contribution < 1.29 is 13.2 Å². The molecule has 1 aliphatic rings. The van der Waals surface area contributed by atoms with E-state index in [1.54, 1.807) is 0 Å². The SMILES string of the molecule is CNS(=O)(=O)CCNC(=O)c1cn[nH]c1C1CCCCC1. The van der Waals surface area contributed by atoms with Crippen LogP contribution in [0.5, 0.6) is 0 Å². The molecule has 0 unspecified atom stereocenters. The van der Waals surface area contributed by atoms with Gasteiger partial charge in [-0.15, -0.1) is 0 Å². The van der Waals surface area contributed by atoms with E-state index in [2.05, 4.69) is 20.2 Å². The molecule has 0 saturated heterocycles. The Kier molecular flexibility index (Phi) is 5.35. The quantitative estimate of drug-likeness (QED) is 0.720. The van der Waals surface area contributed by atoms with Crippen molar-refractivity contribution in [1.29, 1.82) is 0 Å². The third-order valence-corrected chi connectivity index (χ3v) is 5.26. The maximum Gasteiger partial charge on any atom is 0.254 e. The summed E-state index contributed by atoms with van der Waals surface area (Å²) >= 11 is 0. The second-order valence-corrected chi connectivity index (χ2v) is 7.36. The first-order valence-electron chi connectivity index (χ1n) is 7.26. The topological polar surface area (TPSA) is 104 Å². The molecule has 1 amide bonds. The molecular weight excluding hydrogens is 292 g/mol. The highest BCUT2D eigenvalue weighted by Crippen LogP contribution is 2.32. The highest BCUT2D eigenvalue weighted by molar-refractivity contribution is 7.89. The minimum atomic E-state index is -3.30. The van der Waals surface area contributed by atoms with Gasteiger partial charge in [-0.05, 0) is 19.9 Å². The predicted molar refractivity (Wildman–Crippen MR) is 79.6 cm³/mol. The van der Waals surface area contributed by atoms with Crippen LogP contribution in [0.1, 0.15) is 54.1 Å². The van der Waals surface area contributed by atoms with Crippen molar-refractivity contribution in [2.24, 2.45) is 0 Å². The Balaban J connectivity index is 1.95. The van der Waals surface area contributed by atoms with Crippen LogP contribution >= 0.6 is 0 Å². The first kappa shape index (κ1) is 16.0. The lowest BCUT2D eigenvalue weighted by Crippen LogP contribution is -2.33. The second kappa shape index (κ2) is 7.04. The van der Waals surface area contributed by atoms with Crippen LogP contribution in [0.15, 0.2) is 6.20 Å². The minimum Gasteiger partial charge on any atom is -0.351 e. The van der Waals surface area contributed by atoms with Crippen LogP contribution in [0, 0.1) is 0 Å². The molecule has 1 saturated carbocycles. The zero-order valence-electron chi connectivity index (χ0n) is 12.2. The average Bonchev–Trinajstić information content (AvgIpc) is 2.97. The van der Waals surface area contributed by atoms with Crippen LogP contribution in [0.2, 0.25) is 0 Å². The summed E-state index contributed by atoms with van der Waals surface area (Å²) in [6.07, 6.45) is 7.24. The summed E-state index contributed by atoms with van der Waals surface area (Å²) < 4.78 is 24.8. The van der Waals surface area contributed by atoms with Crippen LogP contribution in [0.4, 0.5) is 0 Å². The molecule has 1 aliphatic carbocycles. The van der Waals surface area contributed by atoms with E-state index in [4.69, 9.17) is 0 Å². The van der Waals surface area contributed by atoms with Crippen LogP contribution in [-0.4, -0.2) is 43.9 Å². The summed E-state index contributed by atoms with van der Waals surface area (Å²) in [5, 5.41) is 9.54. The van der Waals surface area contributed by atoms with E-state index in [1.807, 2.05) is 0 Å². The number of hydrogen-bond acceptors (Lipinski definition) is 4. The van der Waals surface area contributed by atoms with E-state index in [1.165, 1.54) is 32.5 Å². The van der Waals surface area contributed by atoms with E-state index >= 15 is 0 Å². The molecule has 3 N–H and O–H groups in total. The van der Waals surface area contributed by atoms with Crippen LogP contribution in [0.3, 0.4) is 0 Å². The largest absolute Gasteiger partial charge is 0.351 e. The molecular formula is C13H22N4O3S. The fraction of sp³-hybridized carbons (Fsp3) is 0.692.